The number of hydrogen-bond donors (Lipinski definition) is 2. The molecule has 14 heavy (non-hydrogen) atoms. The van der Waals surface area contributed by atoms with E-state index in [1.807, 2.05) is 13.0 Å². The van der Waals surface area contributed by atoms with Gasteiger partial charge in [0.2, 0.25) is 5.91 Å². The molecule has 0 aromatic heterocycles. The number of benzene rings is 1. The van der Waals surface area contributed by atoms with Gasteiger partial charge in [-0.15, -0.1) is 0 Å². The van der Waals surface area contributed by atoms with Gasteiger partial charge in [0, 0.05) is 18.0 Å². The summed E-state index contributed by atoms with van der Waals surface area (Å²) in [5.41, 5.74) is 8.88. The fourth-order valence-electron chi connectivity index (χ4n) is 1.88. The fraction of sp³-hybridized carbons (Fsp3) is 0.364. The van der Waals surface area contributed by atoms with Crippen molar-refractivity contribution in [3.63, 3.8) is 0 Å². The third-order valence-electron chi connectivity index (χ3n) is 2.64. The van der Waals surface area contributed by atoms with Gasteiger partial charge in [-0.1, -0.05) is 12.1 Å². The van der Waals surface area contributed by atoms with Crippen LogP contribution in [0.4, 0.5) is 5.69 Å². The van der Waals surface area contributed by atoms with Crippen molar-refractivity contribution in [3.05, 3.63) is 29.3 Å². The van der Waals surface area contributed by atoms with Gasteiger partial charge in [-0.3, -0.25) is 4.79 Å². The summed E-state index contributed by atoms with van der Waals surface area (Å²) in [6.45, 7) is 2.54. The van der Waals surface area contributed by atoms with Crippen molar-refractivity contribution in [2.75, 3.05) is 11.9 Å². The molecule has 1 aromatic carbocycles. The van der Waals surface area contributed by atoms with Crippen LogP contribution >= 0.6 is 0 Å². The SMILES string of the molecule is Cc1ccc2c(c1)NC(=O)CC2CN. The Morgan fingerprint density at radius 2 is 2.36 bits per heavy atom. The molecule has 3 heteroatoms. The highest BCUT2D eigenvalue weighted by Gasteiger charge is 2.23. The molecule has 1 amide bonds. The Hall–Kier alpha value is -1.35. The van der Waals surface area contributed by atoms with Crippen LogP contribution in [0.25, 0.3) is 0 Å². The zero-order valence-corrected chi connectivity index (χ0v) is 8.21. The maximum absolute atomic E-state index is 11.3. The minimum atomic E-state index is 0.0681. The molecule has 0 bridgehead atoms. The Morgan fingerprint density at radius 1 is 1.57 bits per heavy atom. The largest absolute Gasteiger partial charge is 0.330 e. The van der Waals surface area contributed by atoms with Gasteiger partial charge in [-0.05, 0) is 30.7 Å². The molecule has 1 heterocycles. The molecule has 0 saturated carbocycles. The van der Waals surface area contributed by atoms with Crippen molar-refractivity contribution in [1.29, 1.82) is 0 Å². The Balaban J connectivity index is 2.45. The molecule has 0 saturated heterocycles. The van der Waals surface area contributed by atoms with Gasteiger partial charge in [0.15, 0.2) is 0 Å². The second-order valence-corrected chi connectivity index (χ2v) is 3.78. The van der Waals surface area contributed by atoms with Crippen LogP contribution in [0, 0.1) is 6.92 Å². The van der Waals surface area contributed by atoms with E-state index in [9.17, 15) is 4.79 Å². The Bertz CT molecular complexity index is 374. The molecule has 3 nitrogen and oxygen atoms in total. The first kappa shape index (κ1) is 9.21. The number of nitrogens with two attached hydrogens (primary N) is 1. The van der Waals surface area contributed by atoms with E-state index >= 15 is 0 Å². The summed E-state index contributed by atoms with van der Waals surface area (Å²) >= 11 is 0. The van der Waals surface area contributed by atoms with Crippen molar-refractivity contribution < 1.29 is 4.79 Å². The van der Waals surface area contributed by atoms with Crippen molar-refractivity contribution in [2.24, 2.45) is 5.73 Å². The fourth-order valence-corrected chi connectivity index (χ4v) is 1.88. The average molecular weight is 190 g/mol. The van der Waals surface area contributed by atoms with Crippen molar-refractivity contribution in [2.45, 2.75) is 19.3 Å². The Labute approximate surface area is 83.3 Å². The molecule has 3 N–H and O–H groups in total. The van der Waals surface area contributed by atoms with E-state index < -0.39 is 0 Å². The number of aryl methyl sites for hydroxylation is 1. The van der Waals surface area contributed by atoms with Gasteiger partial charge >= 0.3 is 0 Å². The first-order chi connectivity index (χ1) is 6.70. The van der Waals surface area contributed by atoms with E-state index in [2.05, 4.69) is 17.4 Å². The topological polar surface area (TPSA) is 55.1 Å². The van der Waals surface area contributed by atoms with E-state index in [1.54, 1.807) is 0 Å². The van der Waals surface area contributed by atoms with E-state index in [0.29, 0.717) is 13.0 Å². The van der Waals surface area contributed by atoms with Crippen molar-refractivity contribution >= 4 is 11.6 Å². The van der Waals surface area contributed by atoms with Crippen LogP contribution in [0.1, 0.15) is 23.5 Å². The molecule has 1 atom stereocenters. The predicted octanol–water partition coefficient (Wildman–Crippen LogP) is 1.38. The summed E-state index contributed by atoms with van der Waals surface area (Å²) in [6.07, 6.45) is 0.507. The Kier molecular flexibility index (Phi) is 2.25. The molecule has 0 radical (unpaired) electrons. The molecule has 1 aliphatic heterocycles. The zero-order valence-electron chi connectivity index (χ0n) is 8.21. The third kappa shape index (κ3) is 1.51. The van der Waals surface area contributed by atoms with E-state index in [-0.39, 0.29) is 11.8 Å². The van der Waals surface area contributed by atoms with Crippen LogP contribution in [0.2, 0.25) is 0 Å². The number of carbonyl (C=O) groups excluding carboxylic acids is 1. The summed E-state index contributed by atoms with van der Waals surface area (Å²) in [4.78, 5) is 11.3. The van der Waals surface area contributed by atoms with E-state index in [0.717, 1.165) is 16.8 Å². The molecule has 1 unspecified atom stereocenters. The summed E-state index contributed by atoms with van der Waals surface area (Å²) in [7, 11) is 0. The lowest BCUT2D eigenvalue weighted by molar-refractivity contribution is -0.116. The minimum absolute atomic E-state index is 0.0681. The smallest absolute Gasteiger partial charge is 0.225 e. The quantitative estimate of drug-likeness (QED) is 0.703. The lowest BCUT2D eigenvalue weighted by Gasteiger charge is -2.24. The summed E-state index contributed by atoms with van der Waals surface area (Å²) in [5.74, 6) is 0.248. The summed E-state index contributed by atoms with van der Waals surface area (Å²) in [5, 5.41) is 2.87. The number of rotatable bonds is 1. The van der Waals surface area contributed by atoms with E-state index in [1.165, 1.54) is 0 Å². The summed E-state index contributed by atoms with van der Waals surface area (Å²) < 4.78 is 0. The lowest BCUT2D eigenvalue weighted by Crippen LogP contribution is -2.27. The predicted molar refractivity (Wildman–Crippen MR) is 56.2 cm³/mol. The molecule has 1 aromatic rings. The number of carbonyl (C=O) groups is 1. The van der Waals surface area contributed by atoms with Crippen molar-refractivity contribution in [3.8, 4) is 0 Å². The van der Waals surface area contributed by atoms with Crippen LogP contribution in [0.3, 0.4) is 0 Å². The van der Waals surface area contributed by atoms with Crippen LogP contribution in [-0.4, -0.2) is 12.5 Å². The lowest BCUT2D eigenvalue weighted by atomic mass is 9.90. The normalized spacial score (nSPS) is 20.1. The second kappa shape index (κ2) is 3.42. The van der Waals surface area contributed by atoms with Gasteiger partial charge in [0.1, 0.15) is 0 Å². The van der Waals surface area contributed by atoms with Gasteiger partial charge in [0.25, 0.3) is 0 Å². The summed E-state index contributed by atoms with van der Waals surface area (Å²) in [6, 6.07) is 6.11. The third-order valence-corrected chi connectivity index (χ3v) is 2.64. The number of fused-ring (bicyclic) bond motifs is 1. The van der Waals surface area contributed by atoms with Gasteiger partial charge in [0.05, 0.1) is 0 Å². The average Bonchev–Trinajstić information content (AvgIpc) is 2.15. The molecular weight excluding hydrogens is 176 g/mol. The monoisotopic (exact) mass is 190 g/mol. The molecule has 1 aliphatic rings. The van der Waals surface area contributed by atoms with Gasteiger partial charge in [-0.25, -0.2) is 0 Å². The van der Waals surface area contributed by atoms with Crippen LogP contribution < -0.4 is 11.1 Å². The molecule has 0 aliphatic carbocycles. The second-order valence-electron chi connectivity index (χ2n) is 3.78. The molecule has 0 spiro atoms. The highest BCUT2D eigenvalue weighted by Crippen LogP contribution is 2.31. The highest BCUT2D eigenvalue weighted by atomic mass is 16.1. The number of hydrogen-bond acceptors (Lipinski definition) is 2. The maximum Gasteiger partial charge on any atom is 0.225 e. The van der Waals surface area contributed by atoms with E-state index in [4.69, 9.17) is 5.73 Å². The highest BCUT2D eigenvalue weighted by molar-refractivity contribution is 5.94. The molecule has 2 rings (SSSR count). The Morgan fingerprint density at radius 3 is 3.07 bits per heavy atom. The minimum Gasteiger partial charge on any atom is -0.330 e. The van der Waals surface area contributed by atoms with Crippen molar-refractivity contribution in [1.82, 2.24) is 0 Å². The number of amides is 1. The van der Waals surface area contributed by atoms with Crippen LogP contribution in [0.15, 0.2) is 18.2 Å². The number of nitrogens with one attached hydrogen (secondary N) is 1. The van der Waals surface area contributed by atoms with Crippen LogP contribution in [-0.2, 0) is 4.79 Å². The molecule has 0 fully saturated rings. The molecule has 74 valence electrons. The van der Waals surface area contributed by atoms with Gasteiger partial charge in [-0.2, -0.15) is 0 Å². The van der Waals surface area contributed by atoms with Gasteiger partial charge < -0.3 is 11.1 Å². The standard InChI is InChI=1S/C11H14N2O/c1-7-2-3-9-8(6-12)5-11(14)13-10(9)4-7/h2-4,8H,5-6,12H2,1H3,(H,13,14). The first-order valence-corrected chi connectivity index (χ1v) is 4.81. The zero-order chi connectivity index (χ0) is 10.1. The van der Waals surface area contributed by atoms with Crippen LogP contribution in [0.5, 0.6) is 0 Å². The maximum atomic E-state index is 11.3. The number of anilines is 1. The first-order valence-electron chi connectivity index (χ1n) is 4.81. The molecular formula is C11H14N2O.